The van der Waals surface area contributed by atoms with E-state index in [0.717, 1.165) is 5.56 Å². The van der Waals surface area contributed by atoms with Crippen molar-refractivity contribution in [3.63, 3.8) is 0 Å². The number of tetrazole rings is 1. The molecule has 24 heavy (non-hydrogen) atoms. The minimum atomic E-state index is -0.250. The number of anilines is 1. The van der Waals surface area contributed by atoms with E-state index in [9.17, 15) is 4.79 Å². The first kappa shape index (κ1) is 14.6. The number of rotatable bonds is 5. The van der Waals surface area contributed by atoms with Crippen molar-refractivity contribution in [2.75, 3.05) is 12.1 Å². The Morgan fingerprint density at radius 3 is 3.04 bits per heavy atom. The number of carbonyl (C=O) groups excluding carboxylic acids is 1. The molecule has 3 aromatic rings. The lowest BCUT2D eigenvalue weighted by atomic mass is 10.1. The number of hydrogen-bond donors (Lipinski definition) is 1. The largest absolute Gasteiger partial charge is 0.454 e. The van der Waals surface area contributed by atoms with Gasteiger partial charge in [-0.25, -0.2) is 4.68 Å². The lowest BCUT2D eigenvalue weighted by Gasteiger charge is -2.15. The van der Waals surface area contributed by atoms with Gasteiger partial charge in [0.15, 0.2) is 11.5 Å². The van der Waals surface area contributed by atoms with E-state index in [1.165, 1.54) is 6.33 Å². The monoisotopic (exact) mass is 343 g/mol. The Balaban J connectivity index is 1.49. The Morgan fingerprint density at radius 1 is 1.33 bits per heavy atom. The first-order valence-corrected chi connectivity index (χ1v) is 8.18. The van der Waals surface area contributed by atoms with Crippen molar-refractivity contribution in [3.05, 3.63) is 46.9 Å². The van der Waals surface area contributed by atoms with Gasteiger partial charge < -0.3 is 14.8 Å². The van der Waals surface area contributed by atoms with Crippen LogP contribution in [0.3, 0.4) is 0 Å². The van der Waals surface area contributed by atoms with E-state index in [0.29, 0.717) is 17.2 Å². The minimum absolute atomic E-state index is 0.138. The fourth-order valence-electron chi connectivity index (χ4n) is 2.50. The molecule has 9 heteroatoms. The number of benzene rings is 1. The fourth-order valence-corrected chi connectivity index (χ4v) is 3.21. The van der Waals surface area contributed by atoms with Crippen LogP contribution in [0, 0.1) is 0 Å². The number of hydrogen-bond acceptors (Lipinski definition) is 7. The van der Waals surface area contributed by atoms with Crippen LogP contribution in [0.2, 0.25) is 0 Å². The number of nitrogens with zero attached hydrogens (tertiary/aromatic N) is 4. The summed E-state index contributed by atoms with van der Waals surface area (Å²) in [6.07, 6.45) is 1.73. The molecule has 0 aliphatic carbocycles. The van der Waals surface area contributed by atoms with Gasteiger partial charge in [0.2, 0.25) is 12.7 Å². The summed E-state index contributed by atoms with van der Waals surface area (Å²) in [7, 11) is 0. The molecular formula is C15H13N5O3S. The second-order valence-electron chi connectivity index (χ2n) is 5.18. The van der Waals surface area contributed by atoms with Crippen molar-refractivity contribution < 1.29 is 14.3 Å². The molecule has 0 radical (unpaired) electrons. The van der Waals surface area contributed by atoms with Crippen LogP contribution in [-0.2, 0) is 4.79 Å². The Morgan fingerprint density at radius 2 is 2.25 bits per heavy atom. The van der Waals surface area contributed by atoms with Gasteiger partial charge in [-0.3, -0.25) is 4.79 Å². The van der Waals surface area contributed by atoms with Crippen molar-refractivity contribution in [1.29, 1.82) is 0 Å². The molecule has 1 N–H and O–H groups in total. The highest BCUT2D eigenvalue weighted by molar-refractivity contribution is 7.08. The zero-order chi connectivity index (χ0) is 16.4. The molecule has 0 fully saturated rings. The van der Waals surface area contributed by atoms with E-state index >= 15 is 0 Å². The molecule has 1 aliphatic rings. The Labute approximate surface area is 141 Å². The molecule has 0 saturated heterocycles. The summed E-state index contributed by atoms with van der Waals surface area (Å²) in [6.45, 7) is 0.201. The van der Waals surface area contributed by atoms with Crippen molar-refractivity contribution in [1.82, 2.24) is 20.2 Å². The molecule has 0 unspecified atom stereocenters. The minimum Gasteiger partial charge on any atom is -0.454 e. The molecule has 8 nitrogen and oxygen atoms in total. The second-order valence-corrected chi connectivity index (χ2v) is 5.96. The van der Waals surface area contributed by atoms with Crippen LogP contribution in [0.1, 0.15) is 18.0 Å². The van der Waals surface area contributed by atoms with Gasteiger partial charge in [0.25, 0.3) is 0 Å². The van der Waals surface area contributed by atoms with E-state index < -0.39 is 0 Å². The standard InChI is InChI=1S/C15H13N5O3S/c21-15(17-11-1-2-13-14(5-11)23-9-22-13)6-12(10-3-4-24-7-10)20-8-16-18-19-20/h1-5,7-8,12H,6,9H2,(H,17,21)/t12-/m0/s1. The first-order chi connectivity index (χ1) is 11.8. The lowest BCUT2D eigenvalue weighted by molar-refractivity contribution is -0.116. The molecule has 1 aromatic carbocycles. The molecule has 0 saturated carbocycles. The third-order valence-electron chi connectivity index (χ3n) is 3.65. The van der Waals surface area contributed by atoms with E-state index in [1.807, 2.05) is 16.8 Å². The normalized spacial score (nSPS) is 13.7. The van der Waals surface area contributed by atoms with Gasteiger partial charge in [-0.2, -0.15) is 11.3 Å². The summed E-state index contributed by atoms with van der Waals surface area (Å²) >= 11 is 1.57. The summed E-state index contributed by atoms with van der Waals surface area (Å²) in [5.41, 5.74) is 1.65. The molecule has 1 amide bonds. The Bertz CT molecular complexity index is 801. The second kappa shape index (κ2) is 6.28. The maximum absolute atomic E-state index is 12.5. The van der Waals surface area contributed by atoms with Gasteiger partial charge in [0.1, 0.15) is 6.33 Å². The van der Waals surface area contributed by atoms with E-state index in [-0.39, 0.29) is 25.2 Å². The number of amides is 1. The lowest BCUT2D eigenvalue weighted by Crippen LogP contribution is -2.20. The van der Waals surface area contributed by atoms with Crippen LogP contribution in [0.5, 0.6) is 11.5 Å². The zero-order valence-electron chi connectivity index (χ0n) is 12.5. The fraction of sp³-hybridized carbons (Fsp3) is 0.200. The first-order valence-electron chi connectivity index (χ1n) is 7.23. The summed E-state index contributed by atoms with van der Waals surface area (Å²) in [4.78, 5) is 12.5. The molecule has 4 rings (SSSR count). The average molecular weight is 343 g/mol. The summed E-state index contributed by atoms with van der Waals surface area (Å²) in [5.74, 6) is 1.17. The number of nitrogens with one attached hydrogen (secondary N) is 1. The quantitative estimate of drug-likeness (QED) is 0.763. The number of carbonyl (C=O) groups is 1. The van der Waals surface area contributed by atoms with Crippen molar-refractivity contribution in [3.8, 4) is 11.5 Å². The molecular weight excluding hydrogens is 330 g/mol. The average Bonchev–Trinajstić information content (AvgIpc) is 3.33. The predicted octanol–water partition coefficient (Wildman–Crippen LogP) is 2.08. The van der Waals surface area contributed by atoms with Crippen molar-refractivity contribution in [2.24, 2.45) is 0 Å². The van der Waals surface area contributed by atoms with Crippen LogP contribution in [-0.4, -0.2) is 32.9 Å². The number of ether oxygens (including phenoxy) is 2. The topological polar surface area (TPSA) is 91.2 Å². The van der Waals surface area contributed by atoms with Crippen LogP contribution in [0.15, 0.2) is 41.4 Å². The number of aromatic nitrogens is 4. The predicted molar refractivity (Wildman–Crippen MR) is 86.1 cm³/mol. The van der Waals surface area contributed by atoms with Gasteiger partial charge in [0.05, 0.1) is 12.5 Å². The van der Waals surface area contributed by atoms with E-state index in [4.69, 9.17) is 9.47 Å². The Kier molecular flexibility index (Phi) is 3.83. The highest BCUT2D eigenvalue weighted by atomic mass is 32.1. The highest BCUT2D eigenvalue weighted by Gasteiger charge is 2.20. The molecule has 3 heterocycles. The van der Waals surface area contributed by atoms with Gasteiger partial charge in [-0.05, 0) is 44.9 Å². The molecule has 2 aromatic heterocycles. The summed E-state index contributed by atoms with van der Waals surface area (Å²) in [6, 6.07) is 7.01. The maximum Gasteiger partial charge on any atom is 0.231 e. The van der Waals surface area contributed by atoms with Crippen LogP contribution in [0.4, 0.5) is 5.69 Å². The highest BCUT2D eigenvalue weighted by Crippen LogP contribution is 2.34. The van der Waals surface area contributed by atoms with Crippen molar-refractivity contribution >= 4 is 22.9 Å². The molecule has 1 aliphatic heterocycles. The SMILES string of the molecule is O=C(C[C@@H](c1ccsc1)n1cnnn1)Nc1ccc2c(c1)OCO2. The zero-order valence-corrected chi connectivity index (χ0v) is 13.3. The number of fused-ring (bicyclic) bond motifs is 1. The molecule has 1 atom stereocenters. The van der Waals surface area contributed by atoms with Crippen LogP contribution < -0.4 is 14.8 Å². The molecule has 122 valence electrons. The van der Waals surface area contributed by atoms with E-state index in [2.05, 4.69) is 20.8 Å². The summed E-state index contributed by atoms with van der Waals surface area (Å²) in [5, 5.41) is 18.1. The van der Waals surface area contributed by atoms with Gasteiger partial charge >= 0.3 is 0 Å². The van der Waals surface area contributed by atoms with Crippen LogP contribution >= 0.6 is 11.3 Å². The Hall–Kier alpha value is -2.94. The number of thiophene rings is 1. The maximum atomic E-state index is 12.5. The smallest absolute Gasteiger partial charge is 0.231 e. The van der Waals surface area contributed by atoms with Crippen LogP contribution in [0.25, 0.3) is 0 Å². The third-order valence-corrected chi connectivity index (χ3v) is 4.35. The third kappa shape index (κ3) is 2.93. The molecule has 0 bridgehead atoms. The van der Waals surface area contributed by atoms with E-state index in [1.54, 1.807) is 34.2 Å². The van der Waals surface area contributed by atoms with Gasteiger partial charge in [-0.1, -0.05) is 0 Å². The van der Waals surface area contributed by atoms with Gasteiger partial charge in [-0.15, -0.1) is 5.10 Å². The van der Waals surface area contributed by atoms with Crippen molar-refractivity contribution in [2.45, 2.75) is 12.5 Å². The summed E-state index contributed by atoms with van der Waals surface area (Å²) < 4.78 is 12.2. The van der Waals surface area contributed by atoms with Gasteiger partial charge in [0, 0.05) is 11.8 Å². The molecule has 0 spiro atoms.